The van der Waals surface area contributed by atoms with Crippen molar-refractivity contribution in [3.63, 3.8) is 0 Å². The molecule has 18 heavy (non-hydrogen) atoms. The van der Waals surface area contributed by atoms with Crippen molar-refractivity contribution in [3.8, 4) is 12.1 Å². The van der Waals surface area contributed by atoms with Gasteiger partial charge in [-0.05, 0) is 19.8 Å². The van der Waals surface area contributed by atoms with E-state index in [1.165, 1.54) is 6.42 Å². The average Bonchev–Trinajstić information content (AvgIpc) is 2.41. The molecule has 1 heterocycles. The van der Waals surface area contributed by atoms with Gasteiger partial charge in [-0.25, -0.2) is 4.99 Å². The number of aliphatic imine (C=N–C) groups is 1. The quantitative estimate of drug-likeness (QED) is 0.699. The Hall–Kier alpha value is -1.81. The number of unbranched alkanes of at least 4 members (excludes halogenated alkanes) is 2. The number of nitrogens with zero attached hydrogens (tertiary/aromatic N) is 3. The molecule has 0 fully saturated rings. The summed E-state index contributed by atoms with van der Waals surface area (Å²) in [4.78, 5) is 4.20. The van der Waals surface area contributed by atoms with Crippen LogP contribution in [0.5, 0.6) is 0 Å². The van der Waals surface area contributed by atoms with Gasteiger partial charge in [0.25, 0.3) is 0 Å². The Morgan fingerprint density at radius 2 is 2.06 bits per heavy atom. The lowest BCUT2D eigenvalue weighted by Gasteiger charge is -2.22. The fourth-order valence-electron chi connectivity index (χ4n) is 1.85. The van der Waals surface area contributed by atoms with Crippen LogP contribution in [-0.2, 0) is 4.74 Å². The minimum atomic E-state index is -1.29. The molecule has 4 heteroatoms. The van der Waals surface area contributed by atoms with E-state index >= 15 is 0 Å². The van der Waals surface area contributed by atoms with Crippen molar-refractivity contribution in [2.45, 2.75) is 51.5 Å². The number of ether oxygens (including phenoxy) is 1. The van der Waals surface area contributed by atoms with E-state index in [1.807, 2.05) is 25.1 Å². The van der Waals surface area contributed by atoms with Crippen molar-refractivity contribution < 1.29 is 4.74 Å². The first-order valence-corrected chi connectivity index (χ1v) is 6.46. The van der Waals surface area contributed by atoms with Crippen LogP contribution in [0.1, 0.15) is 46.0 Å². The summed E-state index contributed by atoms with van der Waals surface area (Å²) in [7, 11) is 0. The van der Waals surface area contributed by atoms with Gasteiger partial charge >= 0.3 is 0 Å². The molecule has 1 rings (SSSR count). The van der Waals surface area contributed by atoms with Gasteiger partial charge < -0.3 is 4.74 Å². The van der Waals surface area contributed by atoms with E-state index < -0.39 is 5.54 Å². The van der Waals surface area contributed by atoms with E-state index in [1.54, 1.807) is 0 Å². The summed E-state index contributed by atoms with van der Waals surface area (Å²) < 4.78 is 5.46. The van der Waals surface area contributed by atoms with Gasteiger partial charge in [0.1, 0.15) is 12.1 Å². The zero-order chi connectivity index (χ0) is 13.4. The Balaban J connectivity index is 2.83. The standard InChI is InChI=1S/C14H19N3O/c1-3-5-6-7-12-8-9-14(10-15,11-16)17-13(12)18-4-2/h8H,3-7,9H2,1-2H3. The molecule has 1 aliphatic heterocycles. The molecule has 0 spiro atoms. The van der Waals surface area contributed by atoms with Crippen molar-refractivity contribution in [2.24, 2.45) is 4.99 Å². The highest BCUT2D eigenvalue weighted by Crippen LogP contribution is 2.26. The van der Waals surface area contributed by atoms with E-state index in [0.29, 0.717) is 18.9 Å². The molecule has 0 saturated heterocycles. The van der Waals surface area contributed by atoms with Crippen LogP contribution in [0, 0.1) is 22.7 Å². The highest BCUT2D eigenvalue weighted by Gasteiger charge is 2.33. The Morgan fingerprint density at radius 3 is 2.61 bits per heavy atom. The molecule has 96 valence electrons. The van der Waals surface area contributed by atoms with Crippen molar-refractivity contribution in [3.05, 3.63) is 11.6 Å². The van der Waals surface area contributed by atoms with Crippen LogP contribution in [0.15, 0.2) is 16.6 Å². The number of dihydropyridines is 1. The van der Waals surface area contributed by atoms with Crippen molar-refractivity contribution in [1.82, 2.24) is 0 Å². The Bertz CT molecular complexity index is 409. The number of hydrogen-bond acceptors (Lipinski definition) is 4. The summed E-state index contributed by atoms with van der Waals surface area (Å²) in [5, 5.41) is 18.1. The van der Waals surface area contributed by atoms with Crippen molar-refractivity contribution in [1.29, 1.82) is 10.5 Å². The molecule has 1 aliphatic rings. The molecule has 0 aromatic carbocycles. The first kappa shape index (κ1) is 14.3. The maximum Gasteiger partial charge on any atom is 0.238 e. The third-order valence-electron chi connectivity index (χ3n) is 2.91. The normalized spacial score (nSPS) is 17.1. The third kappa shape index (κ3) is 3.34. The number of hydrogen-bond donors (Lipinski definition) is 0. The van der Waals surface area contributed by atoms with Crippen molar-refractivity contribution >= 4 is 5.90 Å². The zero-order valence-corrected chi connectivity index (χ0v) is 11.1. The predicted molar refractivity (Wildman–Crippen MR) is 69.9 cm³/mol. The Labute approximate surface area is 109 Å². The van der Waals surface area contributed by atoms with Crippen LogP contribution >= 0.6 is 0 Å². The fraction of sp³-hybridized carbons (Fsp3) is 0.643. The molecule has 0 N–H and O–H groups in total. The summed E-state index contributed by atoms with van der Waals surface area (Å²) >= 11 is 0. The topological polar surface area (TPSA) is 69.2 Å². The summed E-state index contributed by atoms with van der Waals surface area (Å²) in [6.45, 7) is 4.53. The third-order valence-corrected chi connectivity index (χ3v) is 2.91. The molecule has 0 saturated carbocycles. The minimum Gasteiger partial charge on any atom is -0.478 e. The predicted octanol–water partition coefficient (Wildman–Crippen LogP) is 3.12. The lowest BCUT2D eigenvalue weighted by Crippen LogP contribution is -2.28. The Morgan fingerprint density at radius 1 is 1.33 bits per heavy atom. The fourth-order valence-corrected chi connectivity index (χ4v) is 1.85. The number of nitriles is 2. The summed E-state index contributed by atoms with van der Waals surface area (Å²) in [5.74, 6) is 0.475. The monoisotopic (exact) mass is 245 g/mol. The molecule has 0 amide bonds. The van der Waals surface area contributed by atoms with Gasteiger partial charge in [-0.15, -0.1) is 0 Å². The molecule has 0 radical (unpaired) electrons. The smallest absolute Gasteiger partial charge is 0.238 e. The average molecular weight is 245 g/mol. The first-order valence-electron chi connectivity index (χ1n) is 6.46. The highest BCUT2D eigenvalue weighted by atomic mass is 16.5. The first-order chi connectivity index (χ1) is 8.71. The second kappa shape index (κ2) is 6.81. The molecule has 0 aromatic heterocycles. The van der Waals surface area contributed by atoms with E-state index in [4.69, 9.17) is 15.3 Å². The maximum absolute atomic E-state index is 9.06. The van der Waals surface area contributed by atoms with Gasteiger partial charge in [0.05, 0.1) is 6.61 Å². The van der Waals surface area contributed by atoms with Crippen LogP contribution in [0.3, 0.4) is 0 Å². The van der Waals surface area contributed by atoms with Gasteiger partial charge in [0, 0.05) is 12.0 Å². The van der Waals surface area contributed by atoms with Gasteiger partial charge in [0.15, 0.2) is 0 Å². The van der Waals surface area contributed by atoms with Gasteiger partial charge in [-0.3, -0.25) is 0 Å². The summed E-state index contributed by atoms with van der Waals surface area (Å²) in [6, 6.07) is 3.94. The number of rotatable bonds is 5. The lowest BCUT2D eigenvalue weighted by atomic mass is 9.93. The minimum absolute atomic E-state index is 0.359. The van der Waals surface area contributed by atoms with Gasteiger partial charge in [0.2, 0.25) is 11.4 Å². The second-order valence-corrected chi connectivity index (χ2v) is 4.32. The molecule has 0 unspecified atom stereocenters. The van der Waals surface area contributed by atoms with Crippen LogP contribution in [0.4, 0.5) is 0 Å². The van der Waals surface area contributed by atoms with Crippen LogP contribution in [0.2, 0.25) is 0 Å². The molecular weight excluding hydrogens is 226 g/mol. The SMILES string of the molecule is CCCCCC1=CCC(C#N)(C#N)N=C1OCC. The highest BCUT2D eigenvalue weighted by molar-refractivity contribution is 5.95. The Kier molecular flexibility index (Phi) is 5.39. The van der Waals surface area contributed by atoms with Crippen LogP contribution < -0.4 is 0 Å². The van der Waals surface area contributed by atoms with Gasteiger partial charge in [-0.1, -0.05) is 25.8 Å². The van der Waals surface area contributed by atoms with E-state index in [2.05, 4.69) is 11.9 Å². The zero-order valence-electron chi connectivity index (χ0n) is 11.1. The molecule has 0 atom stereocenters. The molecule has 4 nitrogen and oxygen atoms in total. The van der Waals surface area contributed by atoms with Crippen LogP contribution in [0.25, 0.3) is 0 Å². The molecular formula is C14H19N3O. The van der Waals surface area contributed by atoms with Crippen molar-refractivity contribution in [2.75, 3.05) is 6.61 Å². The van der Waals surface area contributed by atoms with E-state index in [9.17, 15) is 0 Å². The lowest BCUT2D eigenvalue weighted by molar-refractivity contribution is 0.319. The molecule has 0 aromatic rings. The van der Waals surface area contributed by atoms with Crippen LogP contribution in [-0.4, -0.2) is 18.0 Å². The maximum atomic E-state index is 9.06. The summed E-state index contributed by atoms with van der Waals surface area (Å²) in [5.41, 5.74) is -0.259. The second-order valence-electron chi connectivity index (χ2n) is 4.32. The summed E-state index contributed by atoms with van der Waals surface area (Å²) in [6.07, 6.45) is 6.60. The molecule has 0 bridgehead atoms. The van der Waals surface area contributed by atoms with E-state index in [-0.39, 0.29) is 0 Å². The van der Waals surface area contributed by atoms with E-state index in [0.717, 1.165) is 24.8 Å². The largest absolute Gasteiger partial charge is 0.478 e. The van der Waals surface area contributed by atoms with Gasteiger partial charge in [-0.2, -0.15) is 10.5 Å². The molecule has 0 aliphatic carbocycles.